The molecule has 6 aromatic rings. The first-order valence-corrected chi connectivity index (χ1v) is 10.8. The van der Waals surface area contributed by atoms with Gasteiger partial charge in [0, 0.05) is 24.8 Å². The summed E-state index contributed by atoms with van der Waals surface area (Å²) in [7, 11) is 0. The van der Waals surface area contributed by atoms with Crippen LogP contribution >= 0.6 is 0 Å². The molecule has 2 N–H and O–H groups in total. The van der Waals surface area contributed by atoms with Gasteiger partial charge in [-0.2, -0.15) is 4.98 Å². The van der Waals surface area contributed by atoms with Crippen molar-refractivity contribution in [2.45, 2.75) is 13.5 Å². The molecule has 12 heteroatoms. The van der Waals surface area contributed by atoms with Crippen LogP contribution in [0.1, 0.15) is 11.5 Å². The maximum absolute atomic E-state index is 12.1. The molecule has 0 amide bonds. The SMILES string of the molecule is Cc1nc(-c2ccc(Oc3cc4nc(-c5ccccn5)[nH]c4cc3Cn3c(O)coc3=O)cn2)no1. The first-order chi connectivity index (χ1) is 17.5. The van der Waals surface area contributed by atoms with E-state index >= 15 is 0 Å². The monoisotopic (exact) mass is 483 g/mol. The van der Waals surface area contributed by atoms with Gasteiger partial charge < -0.3 is 23.8 Å². The molecule has 1 aromatic carbocycles. The van der Waals surface area contributed by atoms with Crippen LogP contribution in [0.15, 0.2) is 74.9 Å². The Morgan fingerprint density at radius 2 is 2.03 bits per heavy atom. The van der Waals surface area contributed by atoms with Crippen LogP contribution in [0.5, 0.6) is 17.4 Å². The molecule has 0 atom stereocenters. The Labute approximate surface area is 201 Å². The molecule has 0 saturated carbocycles. The summed E-state index contributed by atoms with van der Waals surface area (Å²) in [6.07, 6.45) is 4.20. The molecule has 0 aliphatic carbocycles. The number of hydrogen-bond acceptors (Lipinski definition) is 10. The lowest BCUT2D eigenvalue weighted by molar-refractivity contribution is 0.394. The Bertz CT molecular complexity index is 1730. The van der Waals surface area contributed by atoms with E-state index in [9.17, 15) is 9.90 Å². The minimum absolute atomic E-state index is 0.00196. The Hall–Kier alpha value is -5.26. The fourth-order valence-electron chi connectivity index (χ4n) is 3.67. The predicted molar refractivity (Wildman–Crippen MR) is 125 cm³/mol. The topological polar surface area (TPSA) is 158 Å². The van der Waals surface area contributed by atoms with E-state index in [1.54, 1.807) is 37.4 Å². The zero-order valence-corrected chi connectivity index (χ0v) is 18.7. The third-order valence-corrected chi connectivity index (χ3v) is 5.38. The van der Waals surface area contributed by atoms with E-state index in [2.05, 4.69) is 30.1 Å². The van der Waals surface area contributed by atoms with Gasteiger partial charge in [0.05, 0.1) is 23.8 Å². The van der Waals surface area contributed by atoms with Crippen molar-refractivity contribution in [3.8, 4) is 40.4 Å². The molecule has 6 rings (SSSR count). The zero-order valence-electron chi connectivity index (χ0n) is 18.7. The van der Waals surface area contributed by atoms with Crippen LogP contribution in [0.4, 0.5) is 0 Å². The van der Waals surface area contributed by atoms with Gasteiger partial charge in [-0.05, 0) is 30.3 Å². The number of nitrogens with zero attached hydrogens (tertiary/aromatic N) is 6. The molecule has 178 valence electrons. The number of hydrogen-bond donors (Lipinski definition) is 2. The molecule has 0 spiro atoms. The Morgan fingerprint density at radius 1 is 1.11 bits per heavy atom. The molecule has 0 bridgehead atoms. The summed E-state index contributed by atoms with van der Waals surface area (Å²) < 4.78 is 17.0. The number of rotatable bonds is 6. The summed E-state index contributed by atoms with van der Waals surface area (Å²) in [6.45, 7) is 1.70. The first-order valence-electron chi connectivity index (χ1n) is 10.8. The van der Waals surface area contributed by atoms with Crippen LogP contribution in [0.3, 0.4) is 0 Å². The fourth-order valence-corrected chi connectivity index (χ4v) is 3.67. The molecule has 0 saturated heterocycles. The lowest BCUT2D eigenvalue weighted by atomic mass is 10.1. The second kappa shape index (κ2) is 8.51. The number of H-pyrrole nitrogens is 1. The number of nitrogens with one attached hydrogen (secondary N) is 1. The quantitative estimate of drug-likeness (QED) is 0.358. The molecular weight excluding hydrogens is 466 g/mol. The van der Waals surface area contributed by atoms with Crippen molar-refractivity contribution in [1.82, 2.24) is 34.6 Å². The molecule has 0 aliphatic heterocycles. The van der Waals surface area contributed by atoms with Crippen molar-refractivity contribution in [3.63, 3.8) is 0 Å². The van der Waals surface area contributed by atoms with Crippen molar-refractivity contribution in [1.29, 1.82) is 0 Å². The average molecular weight is 483 g/mol. The summed E-state index contributed by atoms with van der Waals surface area (Å²) in [5.74, 6) is 1.24. The first kappa shape index (κ1) is 21.3. The standard InChI is InChI=1S/C24H17N7O5/c1-13-27-23(30-36-13)17-6-5-15(10-26-17)35-20-9-19-18(28-22(29-19)16-4-2-3-7-25-16)8-14(20)11-31-21(32)12-34-24(31)33/h2-10,12,32H,11H2,1H3,(H,28,29). The highest BCUT2D eigenvalue weighted by Crippen LogP contribution is 2.32. The minimum atomic E-state index is -0.696. The fraction of sp³-hybridized carbons (Fsp3) is 0.0833. The molecule has 0 aliphatic rings. The van der Waals surface area contributed by atoms with Gasteiger partial charge in [0.1, 0.15) is 22.9 Å². The Morgan fingerprint density at radius 3 is 2.72 bits per heavy atom. The predicted octanol–water partition coefficient (Wildman–Crippen LogP) is 3.68. The van der Waals surface area contributed by atoms with Crippen molar-refractivity contribution >= 4 is 11.0 Å². The molecule has 12 nitrogen and oxygen atoms in total. The third kappa shape index (κ3) is 3.96. The number of aromatic hydroxyl groups is 1. The summed E-state index contributed by atoms with van der Waals surface area (Å²) in [6, 6.07) is 12.5. The number of imidazole rings is 1. The molecule has 0 fully saturated rings. The summed E-state index contributed by atoms with van der Waals surface area (Å²) >= 11 is 0. The van der Waals surface area contributed by atoms with Gasteiger partial charge in [0.15, 0.2) is 12.1 Å². The highest BCUT2D eigenvalue weighted by atomic mass is 16.5. The molecule has 5 heterocycles. The van der Waals surface area contributed by atoms with Gasteiger partial charge in [0.25, 0.3) is 0 Å². The Balaban J connectivity index is 1.39. The van der Waals surface area contributed by atoms with Gasteiger partial charge in [-0.15, -0.1) is 0 Å². The van der Waals surface area contributed by atoms with E-state index in [-0.39, 0.29) is 12.4 Å². The van der Waals surface area contributed by atoms with Gasteiger partial charge in [-0.25, -0.2) is 19.3 Å². The number of aromatic amines is 1. The lowest BCUT2D eigenvalue weighted by Crippen LogP contribution is -2.15. The van der Waals surface area contributed by atoms with Crippen molar-refractivity contribution in [2.75, 3.05) is 0 Å². The normalized spacial score (nSPS) is 11.2. The van der Waals surface area contributed by atoms with Gasteiger partial charge in [-0.3, -0.25) is 4.98 Å². The van der Waals surface area contributed by atoms with Crippen LogP contribution in [-0.2, 0) is 6.54 Å². The zero-order chi connectivity index (χ0) is 24.6. The van der Waals surface area contributed by atoms with E-state index in [1.165, 1.54) is 6.20 Å². The van der Waals surface area contributed by atoms with Crippen LogP contribution in [0.2, 0.25) is 0 Å². The smallest absolute Gasteiger partial charge is 0.422 e. The van der Waals surface area contributed by atoms with Crippen molar-refractivity contribution in [3.05, 3.63) is 83.1 Å². The number of aryl methyl sites for hydroxylation is 1. The highest BCUT2D eigenvalue weighted by molar-refractivity contribution is 5.81. The number of aromatic nitrogens is 7. The lowest BCUT2D eigenvalue weighted by Gasteiger charge is -2.12. The van der Waals surface area contributed by atoms with Crippen LogP contribution in [-0.4, -0.2) is 39.8 Å². The number of ether oxygens (including phenoxy) is 1. The van der Waals surface area contributed by atoms with Gasteiger partial charge in [0.2, 0.25) is 17.6 Å². The van der Waals surface area contributed by atoms with Crippen LogP contribution in [0, 0.1) is 6.92 Å². The molecular formula is C24H17N7O5. The second-order valence-electron chi connectivity index (χ2n) is 7.84. The van der Waals surface area contributed by atoms with Crippen LogP contribution < -0.4 is 10.5 Å². The largest absolute Gasteiger partial charge is 0.492 e. The summed E-state index contributed by atoms with van der Waals surface area (Å²) in [4.78, 5) is 32.8. The van der Waals surface area contributed by atoms with Crippen LogP contribution in [0.25, 0.3) is 34.1 Å². The molecule has 0 unspecified atom stereocenters. The third-order valence-electron chi connectivity index (χ3n) is 5.38. The van der Waals surface area contributed by atoms with Crippen molar-refractivity contribution < 1.29 is 18.8 Å². The second-order valence-corrected chi connectivity index (χ2v) is 7.84. The highest BCUT2D eigenvalue weighted by Gasteiger charge is 2.16. The Kier molecular flexibility index (Phi) is 5.03. The molecule has 0 radical (unpaired) electrons. The van der Waals surface area contributed by atoms with Gasteiger partial charge in [-0.1, -0.05) is 11.2 Å². The summed E-state index contributed by atoms with van der Waals surface area (Å²) in [5, 5.41) is 13.9. The molecule has 5 aromatic heterocycles. The number of fused-ring (bicyclic) bond motifs is 1. The van der Waals surface area contributed by atoms with Gasteiger partial charge >= 0.3 is 5.76 Å². The van der Waals surface area contributed by atoms with E-state index < -0.39 is 5.76 Å². The van der Waals surface area contributed by atoms with E-state index in [0.717, 1.165) is 10.8 Å². The maximum atomic E-state index is 12.1. The maximum Gasteiger partial charge on any atom is 0.422 e. The minimum Gasteiger partial charge on any atom is -0.492 e. The van der Waals surface area contributed by atoms with E-state index in [4.69, 9.17) is 13.7 Å². The number of oxazole rings is 1. The number of pyridine rings is 2. The average Bonchev–Trinajstić information content (AvgIpc) is 3.60. The summed E-state index contributed by atoms with van der Waals surface area (Å²) in [5.41, 5.74) is 3.13. The number of benzene rings is 1. The molecule has 36 heavy (non-hydrogen) atoms. The van der Waals surface area contributed by atoms with E-state index in [1.807, 2.05) is 18.2 Å². The van der Waals surface area contributed by atoms with E-state index in [0.29, 0.717) is 57.0 Å². The van der Waals surface area contributed by atoms with Crippen molar-refractivity contribution in [2.24, 2.45) is 0 Å².